The van der Waals surface area contributed by atoms with Gasteiger partial charge in [-0.3, -0.25) is 9.20 Å². The molecule has 3 aromatic heterocycles. The summed E-state index contributed by atoms with van der Waals surface area (Å²) in [7, 11) is 0. The number of nitrogens with one attached hydrogen (secondary N) is 1. The number of thiophene rings is 1. The molecule has 3 rings (SSSR count). The van der Waals surface area contributed by atoms with E-state index in [4.69, 9.17) is 10.00 Å². The number of rotatable bonds is 5. The van der Waals surface area contributed by atoms with Gasteiger partial charge in [0.2, 0.25) is 0 Å². The molecule has 0 aromatic carbocycles. The van der Waals surface area contributed by atoms with Gasteiger partial charge >= 0.3 is 5.97 Å². The standard InChI is InChI=1S/C16H12N4O3S2/c1-24-16-19-13(11-4-2-3-6-20(11)16)15(22)23-9-12(21)18-14-10(8-17)5-7-25-14/h2-7H,9H2,1H3,(H,18,21). The number of fused-ring (bicyclic) bond motifs is 1. The summed E-state index contributed by atoms with van der Waals surface area (Å²) in [6.07, 6.45) is 3.66. The first kappa shape index (κ1) is 17.0. The van der Waals surface area contributed by atoms with E-state index in [1.807, 2.05) is 18.4 Å². The minimum atomic E-state index is -0.675. The molecule has 0 aliphatic carbocycles. The van der Waals surface area contributed by atoms with Crippen LogP contribution in [0.15, 0.2) is 41.0 Å². The van der Waals surface area contributed by atoms with Crippen LogP contribution < -0.4 is 5.32 Å². The number of amides is 1. The van der Waals surface area contributed by atoms with Crippen LogP contribution >= 0.6 is 23.1 Å². The maximum absolute atomic E-state index is 12.3. The van der Waals surface area contributed by atoms with Crippen LogP contribution in [-0.2, 0) is 9.53 Å². The second-order valence-corrected chi connectivity index (χ2v) is 6.49. The van der Waals surface area contributed by atoms with Crippen LogP contribution in [-0.4, -0.2) is 34.1 Å². The normalized spacial score (nSPS) is 10.4. The third-order valence-electron chi connectivity index (χ3n) is 3.26. The summed E-state index contributed by atoms with van der Waals surface area (Å²) >= 11 is 2.63. The van der Waals surface area contributed by atoms with Crippen molar-refractivity contribution in [2.24, 2.45) is 0 Å². The zero-order valence-corrected chi connectivity index (χ0v) is 14.7. The Balaban J connectivity index is 1.69. The molecular weight excluding hydrogens is 360 g/mol. The fourth-order valence-corrected chi connectivity index (χ4v) is 3.45. The maximum atomic E-state index is 12.3. The van der Waals surface area contributed by atoms with E-state index >= 15 is 0 Å². The van der Waals surface area contributed by atoms with E-state index in [-0.39, 0.29) is 5.69 Å². The molecule has 9 heteroatoms. The molecule has 126 valence electrons. The van der Waals surface area contributed by atoms with Crippen molar-refractivity contribution in [3.8, 4) is 6.07 Å². The smallest absolute Gasteiger partial charge is 0.359 e. The molecule has 0 bridgehead atoms. The molecule has 0 aliphatic rings. The van der Waals surface area contributed by atoms with Crippen LogP contribution in [0.2, 0.25) is 0 Å². The van der Waals surface area contributed by atoms with Crippen molar-refractivity contribution in [3.05, 3.63) is 47.1 Å². The van der Waals surface area contributed by atoms with Crippen LogP contribution in [0.25, 0.3) is 5.52 Å². The van der Waals surface area contributed by atoms with Crippen molar-refractivity contribution in [2.75, 3.05) is 18.2 Å². The monoisotopic (exact) mass is 372 g/mol. The molecule has 0 atom stereocenters. The van der Waals surface area contributed by atoms with Gasteiger partial charge in [0.1, 0.15) is 11.1 Å². The number of nitrogens with zero attached hydrogens (tertiary/aromatic N) is 3. The highest BCUT2D eigenvalue weighted by Gasteiger charge is 2.19. The molecule has 0 aliphatic heterocycles. The number of thioether (sulfide) groups is 1. The molecular formula is C16H12N4O3S2. The zero-order valence-electron chi connectivity index (χ0n) is 13.1. The average Bonchev–Trinajstić information content (AvgIpc) is 3.23. The number of nitriles is 1. The highest BCUT2D eigenvalue weighted by Crippen LogP contribution is 2.22. The molecule has 7 nitrogen and oxygen atoms in total. The Kier molecular flexibility index (Phi) is 5.02. The van der Waals surface area contributed by atoms with Crippen LogP contribution in [0.4, 0.5) is 5.00 Å². The second kappa shape index (κ2) is 7.38. The number of imidazole rings is 1. The van der Waals surface area contributed by atoms with E-state index in [0.29, 0.717) is 21.2 Å². The van der Waals surface area contributed by atoms with Crippen LogP contribution in [0.3, 0.4) is 0 Å². The fourth-order valence-electron chi connectivity index (χ4n) is 2.16. The lowest BCUT2D eigenvalue weighted by atomic mass is 10.3. The van der Waals surface area contributed by atoms with E-state index in [0.717, 1.165) is 0 Å². The van der Waals surface area contributed by atoms with Gasteiger partial charge in [0.05, 0.1) is 11.1 Å². The first-order chi connectivity index (χ1) is 12.1. The predicted octanol–water partition coefficient (Wildman–Crippen LogP) is 2.78. The second-order valence-electron chi connectivity index (χ2n) is 4.80. The van der Waals surface area contributed by atoms with Crippen molar-refractivity contribution >= 4 is 45.5 Å². The largest absolute Gasteiger partial charge is 0.451 e. The molecule has 0 saturated heterocycles. The molecule has 1 N–H and O–H groups in total. The number of carbonyl (C=O) groups excluding carboxylic acids is 2. The summed E-state index contributed by atoms with van der Waals surface area (Å²) < 4.78 is 6.85. The van der Waals surface area contributed by atoms with E-state index < -0.39 is 18.5 Å². The molecule has 0 fully saturated rings. The summed E-state index contributed by atoms with van der Waals surface area (Å²) in [6, 6.07) is 8.97. The molecule has 0 spiro atoms. The van der Waals surface area contributed by atoms with Crippen LogP contribution in [0, 0.1) is 11.3 Å². The topological polar surface area (TPSA) is 96.5 Å². The maximum Gasteiger partial charge on any atom is 0.359 e. The summed E-state index contributed by atoms with van der Waals surface area (Å²) in [5, 5.41) is 14.3. The summed E-state index contributed by atoms with van der Waals surface area (Å²) in [5.41, 5.74) is 1.14. The van der Waals surface area contributed by atoms with Crippen molar-refractivity contribution in [2.45, 2.75) is 5.16 Å². The Hall–Kier alpha value is -2.83. The van der Waals surface area contributed by atoms with Gasteiger partial charge in [0, 0.05) is 6.20 Å². The Morgan fingerprint density at radius 3 is 3.04 bits per heavy atom. The molecule has 0 radical (unpaired) electrons. The lowest BCUT2D eigenvalue weighted by Crippen LogP contribution is -2.21. The fraction of sp³-hybridized carbons (Fsp3) is 0.125. The number of esters is 1. The van der Waals surface area contributed by atoms with Gasteiger partial charge in [-0.2, -0.15) is 5.26 Å². The Bertz CT molecular complexity index is 987. The molecule has 3 heterocycles. The molecule has 0 saturated carbocycles. The SMILES string of the molecule is CSc1nc(C(=O)OCC(=O)Nc2sccc2C#N)c2ccccn12. The lowest BCUT2D eigenvalue weighted by Gasteiger charge is -2.04. The summed E-state index contributed by atoms with van der Waals surface area (Å²) in [5.74, 6) is -1.19. The van der Waals surface area contributed by atoms with Crippen molar-refractivity contribution in [1.29, 1.82) is 5.26 Å². The van der Waals surface area contributed by atoms with Gasteiger partial charge in [0.15, 0.2) is 17.5 Å². The Morgan fingerprint density at radius 1 is 1.44 bits per heavy atom. The number of hydrogen-bond acceptors (Lipinski definition) is 7. The highest BCUT2D eigenvalue weighted by molar-refractivity contribution is 7.98. The van der Waals surface area contributed by atoms with Gasteiger partial charge < -0.3 is 10.1 Å². The number of pyridine rings is 1. The molecule has 0 unspecified atom stereocenters. The van der Waals surface area contributed by atoms with Crippen LogP contribution in [0.1, 0.15) is 16.1 Å². The van der Waals surface area contributed by atoms with Crippen molar-refractivity contribution in [3.63, 3.8) is 0 Å². The van der Waals surface area contributed by atoms with Gasteiger partial charge in [-0.15, -0.1) is 11.3 Å². The molecule has 25 heavy (non-hydrogen) atoms. The molecule has 3 aromatic rings. The Labute approximate surface area is 151 Å². The minimum Gasteiger partial charge on any atom is -0.451 e. The van der Waals surface area contributed by atoms with Gasteiger partial charge in [0.25, 0.3) is 5.91 Å². The highest BCUT2D eigenvalue weighted by atomic mass is 32.2. The summed E-state index contributed by atoms with van der Waals surface area (Å²) in [4.78, 5) is 28.5. The average molecular weight is 372 g/mol. The lowest BCUT2D eigenvalue weighted by molar-refractivity contribution is -0.119. The third kappa shape index (κ3) is 3.50. The van der Waals surface area contributed by atoms with Crippen molar-refractivity contribution in [1.82, 2.24) is 9.38 Å². The number of anilines is 1. The summed E-state index contributed by atoms with van der Waals surface area (Å²) in [6.45, 7) is -0.456. The van der Waals surface area contributed by atoms with Gasteiger partial charge in [-0.1, -0.05) is 17.8 Å². The number of carbonyl (C=O) groups is 2. The Morgan fingerprint density at radius 2 is 2.28 bits per heavy atom. The minimum absolute atomic E-state index is 0.159. The van der Waals surface area contributed by atoms with E-state index in [1.165, 1.54) is 23.1 Å². The van der Waals surface area contributed by atoms with Crippen LogP contribution in [0.5, 0.6) is 0 Å². The van der Waals surface area contributed by atoms with E-state index in [2.05, 4.69) is 10.3 Å². The van der Waals surface area contributed by atoms with Crippen molar-refractivity contribution < 1.29 is 14.3 Å². The van der Waals surface area contributed by atoms with Gasteiger partial charge in [-0.25, -0.2) is 9.78 Å². The number of hydrogen-bond donors (Lipinski definition) is 1. The predicted molar refractivity (Wildman–Crippen MR) is 94.9 cm³/mol. The zero-order chi connectivity index (χ0) is 17.8. The molecule has 1 amide bonds. The quantitative estimate of drug-likeness (QED) is 0.546. The first-order valence-corrected chi connectivity index (χ1v) is 9.20. The first-order valence-electron chi connectivity index (χ1n) is 7.09. The third-order valence-corrected chi connectivity index (χ3v) is 4.75. The number of aromatic nitrogens is 2. The van der Waals surface area contributed by atoms with E-state index in [9.17, 15) is 9.59 Å². The number of ether oxygens (including phenoxy) is 1. The van der Waals surface area contributed by atoms with Gasteiger partial charge in [-0.05, 0) is 29.8 Å². The van der Waals surface area contributed by atoms with E-state index in [1.54, 1.807) is 34.2 Å².